The average Bonchev–Trinajstić information content (AvgIpc) is 3.24. The summed E-state index contributed by atoms with van der Waals surface area (Å²) in [7, 11) is 0. The molecule has 0 fully saturated rings. The zero-order chi connectivity index (χ0) is 21.7. The summed E-state index contributed by atoms with van der Waals surface area (Å²) in [5, 5.41) is 10.3. The van der Waals surface area contributed by atoms with E-state index in [-0.39, 0.29) is 28.8 Å². The molecule has 0 saturated carbocycles. The van der Waals surface area contributed by atoms with Crippen molar-refractivity contribution in [1.29, 1.82) is 0 Å². The fourth-order valence-electron chi connectivity index (χ4n) is 2.82. The van der Waals surface area contributed by atoms with Crippen molar-refractivity contribution in [2.24, 2.45) is 0 Å². The molecule has 0 aliphatic heterocycles. The summed E-state index contributed by atoms with van der Waals surface area (Å²) in [6.07, 6.45) is 2.93. The minimum atomic E-state index is -0.816. The van der Waals surface area contributed by atoms with Gasteiger partial charge in [-0.05, 0) is 36.8 Å². The molecule has 1 N–H and O–H groups in total. The second-order valence-electron chi connectivity index (χ2n) is 6.22. The van der Waals surface area contributed by atoms with Crippen molar-refractivity contribution in [2.45, 2.75) is 12.8 Å². The summed E-state index contributed by atoms with van der Waals surface area (Å²) in [4.78, 5) is 25.1. The summed E-state index contributed by atoms with van der Waals surface area (Å²) in [5.41, 5.74) is 1.16. The Morgan fingerprint density at radius 3 is 2.30 bits per heavy atom. The highest BCUT2D eigenvalue weighted by atomic mass is 35.5. The Morgan fingerprint density at radius 1 is 1.13 bits per heavy atom. The van der Waals surface area contributed by atoms with E-state index in [2.05, 4.69) is 15.5 Å². The third-order valence-corrected chi connectivity index (χ3v) is 4.88. The maximum absolute atomic E-state index is 13.2. The number of ether oxygens (including phenoxy) is 1. The number of nitrogens with one attached hydrogen (secondary N) is 1. The Labute approximate surface area is 181 Å². The first-order valence-electron chi connectivity index (χ1n) is 8.95. The van der Waals surface area contributed by atoms with Crippen molar-refractivity contribution in [3.8, 4) is 5.69 Å². The van der Waals surface area contributed by atoms with Gasteiger partial charge in [0, 0.05) is 6.54 Å². The molecular weight excluding hydrogens is 434 g/mol. The van der Waals surface area contributed by atoms with Crippen molar-refractivity contribution in [1.82, 2.24) is 20.1 Å². The Morgan fingerprint density at radius 2 is 1.73 bits per heavy atom. The first-order chi connectivity index (χ1) is 14.4. The number of rotatable bonds is 7. The van der Waals surface area contributed by atoms with Gasteiger partial charge in [0.05, 0.1) is 33.8 Å². The molecule has 1 aromatic heterocycles. The van der Waals surface area contributed by atoms with Crippen LogP contribution in [0, 0.1) is 5.82 Å². The fourth-order valence-corrected chi connectivity index (χ4v) is 3.47. The van der Waals surface area contributed by atoms with Crippen LogP contribution < -0.4 is 5.32 Å². The normalized spacial score (nSPS) is 11.7. The van der Waals surface area contributed by atoms with Gasteiger partial charge in [0.15, 0.2) is 0 Å². The minimum Gasteiger partial charge on any atom is -0.465 e. The molecule has 0 bridgehead atoms. The molecule has 3 aromatic rings. The van der Waals surface area contributed by atoms with E-state index >= 15 is 0 Å². The number of hydrogen-bond donors (Lipinski definition) is 1. The zero-order valence-corrected chi connectivity index (χ0v) is 17.3. The highest BCUT2D eigenvalue weighted by Crippen LogP contribution is 2.28. The third-order valence-electron chi connectivity index (χ3n) is 4.28. The molecular formula is C20H17Cl2FN4O3. The maximum atomic E-state index is 13.2. The van der Waals surface area contributed by atoms with E-state index in [1.165, 1.54) is 36.9 Å². The van der Waals surface area contributed by atoms with Gasteiger partial charge in [-0.1, -0.05) is 35.3 Å². The van der Waals surface area contributed by atoms with Crippen LogP contribution in [0.15, 0.2) is 49.1 Å². The predicted molar refractivity (Wildman–Crippen MR) is 109 cm³/mol. The van der Waals surface area contributed by atoms with Crippen molar-refractivity contribution in [3.63, 3.8) is 0 Å². The summed E-state index contributed by atoms with van der Waals surface area (Å²) in [6.45, 7) is 1.77. The Bertz CT molecular complexity index is 1020. The molecule has 0 aliphatic carbocycles. The predicted octanol–water partition coefficient (Wildman–Crippen LogP) is 3.79. The van der Waals surface area contributed by atoms with Crippen LogP contribution in [0.3, 0.4) is 0 Å². The first-order valence-corrected chi connectivity index (χ1v) is 9.70. The van der Waals surface area contributed by atoms with Crippen molar-refractivity contribution < 1.29 is 18.7 Å². The first kappa shape index (κ1) is 21.7. The van der Waals surface area contributed by atoms with Crippen LogP contribution >= 0.6 is 23.2 Å². The highest BCUT2D eigenvalue weighted by Gasteiger charge is 2.24. The second-order valence-corrected chi connectivity index (χ2v) is 7.03. The molecule has 10 heteroatoms. The summed E-state index contributed by atoms with van der Waals surface area (Å²) in [5.74, 6) is -2.35. The number of halogens is 3. The van der Waals surface area contributed by atoms with Gasteiger partial charge in [-0.2, -0.15) is 0 Å². The Balaban J connectivity index is 1.79. The van der Waals surface area contributed by atoms with Crippen LogP contribution in [0.25, 0.3) is 5.69 Å². The summed E-state index contributed by atoms with van der Waals surface area (Å²) in [6, 6.07) is 8.51. The Kier molecular flexibility index (Phi) is 7.02. The lowest BCUT2D eigenvalue weighted by Gasteiger charge is -2.17. The molecule has 1 unspecified atom stereocenters. The smallest absolute Gasteiger partial charge is 0.315 e. The van der Waals surface area contributed by atoms with E-state index in [0.717, 1.165) is 0 Å². The zero-order valence-electron chi connectivity index (χ0n) is 15.8. The summed E-state index contributed by atoms with van der Waals surface area (Å²) >= 11 is 12.6. The monoisotopic (exact) mass is 450 g/mol. The molecule has 0 saturated heterocycles. The van der Waals surface area contributed by atoms with Crippen LogP contribution in [0.2, 0.25) is 10.0 Å². The van der Waals surface area contributed by atoms with Crippen LogP contribution in [-0.2, 0) is 9.53 Å². The number of carbonyl (C=O) groups is 2. The number of amides is 1. The number of hydrogen-bond acceptors (Lipinski definition) is 5. The van der Waals surface area contributed by atoms with Crippen LogP contribution in [0.4, 0.5) is 4.39 Å². The van der Waals surface area contributed by atoms with Gasteiger partial charge >= 0.3 is 5.97 Å². The second kappa shape index (κ2) is 9.69. The van der Waals surface area contributed by atoms with E-state index in [1.807, 2.05) is 0 Å². The van der Waals surface area contributed by atoms with Crippen molar-refractivity contribution in [3.05, 3.63) is 76.0 Å². The number of carbonyl (C=O) groups excluding carboxylic acids is 2. The van der Waals surface area contributed by atoms with Gasteiger partial charge in [-0.3, -0.25) is 14.2 Å². The molecule has 0 radical (unpaired) electrons. The highest BCUT2D eigenvalue weighted by molar-refractivity contribution is 6.40. The molecule has 1 atom stereocenters. The van der Waals surface area contributed by atoms with Crippen molar-refractivity contribution >= 4 is 35.1 Å². The minimum absolute atomic E-state index is 0.0665. The van der Waals surface area contributed by atoms with E-state index < -0.39 is 23.6 Å². The number of benzene rings is 2. The lowest BCUT2D eigenvalue weighted by Crippen LogP contribution is -2.33. The van der Waals surface area contributed by atoms with Crippen LogP contribution in [-0.4, -0.2) is 39.8 Å². The number of esters is 1. The number of nitrogens with zero attached hydrogens (tertiary/aromatic N) is 3. The third kappa shape index (κ3) is 4.95. The Hall–Kier alpha value is -2.97. The number of aromatic nitrogens is 3. The van der Waals surface area contributed by atoms with Crippen LogP contribution in [0.5, 0.6) is 0 Å². The largest absolute Gasteiger partial charge is 0.465 e. The molecule has 1 amide bonds. The van der Waals surface area contributed by atoms with E-state index in [1.54, 1.807) is 23.6 Å². The molecule has 2 aromatic carbocycles. The lowest BCUT2D eigenvalue weighted by atomic mass is 9.99. The van der Waals surface area contributed by atoms with Gasteiger partial charge in [0.25, 0.3) is 5.91 Å². The van der Waals surface area contributed by atoms with Crippen LogP contribution in [0.1, 0.15) is 28.8 Å². The van der Waals surface area contributed by atoms with Gasteiger partial charge in [0.2, 0.25) is 0 Å². The van der Waals surface area contributed by atoms with E-state index in [4.69, 9.17) is 27.9 Å². The lowest BCUT2D eigenvalue weighted by molar-refractivity contribution is -0.144. The maximum Gasteiger partial charge on any atom is 0.315 e. The van der Waals surface area contributed by atoms with E-state index in [0.29, 0.717) is 11.3 Å². The average molecular weight is 451 g/mol. The standard InChI is InChI=1S/C20H17Cl2FN4O3/c1-2-30-20(29)15(12-3-5-13(23)6-4-12)9-24-19(28)18-16(21)7-14(8-17(18)22)27-10-25-26-11-27/h3-8,10-11,15H,2,9H2,1H3,(H,24,28). The van der Waals surface area contributed by atoms with Gasteiger partial charge in [0.1, 0.15) is 18.5 Å². The topological polar surface area (TPSA) is 86.1 Å². The van der Waals surface area contributed by atoms with Gasteiger partial charge < -0.3 is 10.1 Å². The van der Waals surface area contributed by atoms with E-state index in [9.17, 15) is 14.0 Å². The quantitative estimate of drug-likeness (QED) is 0.553. The summed E-state index contributed by atoms with van der Waals surface area (Å²) < 4.78 is 19.9. The molecule has 0 spiro atoms. The fraction of sp³-hybridized carbons (Fsp3) is 0.200. The van der Waals surface area contributed by atoms with Gasteiger partial charge in [-0.15, -0.1) is 10.2 Å². The molecule has 30 heavy (non-hydrogen) atoms. The molecule has 156 valence electrons. The van der Waals surface area contributed by atoms with Gasteiger partial charge in [-0.25, -0.2) is 4.39 Å². The van der Waals surface area contributed by atoms with Crippen molar-refractivity contribution in [2.75, 3.05) is 13.2 Å². The SMILES string of the molecule is CCOC(=O)C(CNC(=O)c1c(Cl)cc(-n2cnnc2)cc1Cl)c1ccc(F)cc1. The molecule has 7 nitrogen and oxygen atoms in total. The molecule has 1 heterocycles. The molecule has 3 rings (SSSR count). The molecule has 0 aliphatic rings.